The molecule has 0 aromatic heterocycles. The lowest BCUT2D eigenvalue weighted by Crippen LogP contribution is -2.16. The third-order valence-corrected chi connectivity index (χ3v) is 4.95. The Morgan fingerprint density at radius 1 is 1.14 bits per heavy atom. The highest BCUT2D eigenvalue weighted by Crippen LogP contribution is 2.24. The molecule has 0 heterocycles. The molecular weight excluding hydrogens is 405 g/mol. The van der Waals surface area contributed by atoms with Crippen molar-refractivity contribution in [2.45, 2.75) is 11.8 Å². The zero-order valence-corrected chi connectivity index (χ0v) is 14.0. The number of benzene rings is 2. The first-order valence-electron chi connectivity index (χ1n) is 5.92. The summed E-state index contributed by atoms with van der Waals surface area (Å²) in [5.41, 5.74) is 0.552. The molecule has 0 aliphatic heterocycles. The zero-order valence-electron chi connectivity index (χ0n) is 11.0. The van der Waals surface area contributed by atoms with E-state index in [2.05, 4.69) is 27.3 Å². The van der Waals surface area contributed by atoms with Gasteiger partial charge in [0.05, 0.1) is 16.1 Å². The molecule has 0 saturated carbocycles. The second-order valence-corrected chi connectivity index (χ2v) is 7.29. The van der Waals surface area contributed by atoms with Gasteiger partial charge in [-0.15, -0.1) is 0 Å². The van der Waals surface area contributed by atoms with Gasteiger partial charge in [-0.2, -0.15) is 0 Å². The molecule has 21 heavy (non-hydrogen) atoms. The van der Waals surface area contributed by atoms with Gasteiger partial charge in [-0.3, -0.25) is 4.72 Å². The van der Waals surface area contributed by atoms with Gasteiger partial charge in [-0.25, -0.2) is 13.2 Å². The van der Waals surface area contributed by atoms with Gasteiger partial charge in [0.15, 0.2) is 0 Å². The number of sulfonamides is 1. The molecule has 0 aliphatic rings. The zero-order chi connectivity index (χ0) is 15.6. The normalized spacial score (nSPS) is 11.1. The largest absolute Gasteiger partial charge is 0.478 e. The van der Waals surface area contributed by atoms with E-state index in [-0.39, 0.29) is 16.1 Å². The van der Waals surface area contributed by atoms with Crippen LogP contribution in [-0.2, 0) is 10.0 Å². The van der Waals surface area contributed by atoms with Crippen molar-refractivity contribution >= 4 is 44.3 Å². The van der Waals surface area contributed by atoms with Gasteiger partial charge in [0.2, 0.25) is 0 Å². The lowest BCUT2D eigenvalue weighted by molar-refractivity contribution is 0.0698. The van der Waals surface area contributed by atoms with E-state index in [1.807, 2.05) is 0 Å². The smallest absolute Gasteiger partial charge is 0.337 e. The number of hydrogen-bond acceptors (Lipinski definition) is 3. The number of carboxylic acids is 1. The molecular formula is C14H12INO4S. The van der Waals surface area contributed by atoms with E-state index in [1.54, 1.807) is 31.2 Å². The van der Waals surface area contributed by atoms with Crippen molar-refractivity contribution in [2.75, 3.05) is 4.72 Å². The van der Waals surface area contributed by atoms with Crippen molar-refractivity contribution in [1.29, 1.82) is 0 Å². The number of carboxylic acid groups (broad SMARTS) is 1. The van der Waals surface area contributed by atoms with Crippen molar-refractivity contribution < 1.29 is 18.3 Å². The molecule has 0 aliphatic carbocycles. The average molecular weight is 417 g/mol. The Bertz CT molecular complexity index is 785. The number of nitrogens with one attached hydrogen (secondary N) is 1. The molecule has 2 rings (SSSR count). The Morgan fingerprint density at radius 2 is 1.76 bits per heavy atom. The number of anilines is 1. The van der Waals surface area contributed by atoms with E-state index in [1.165, 1.54) is 18.2 Å². The number of hydrogen-bond donors (Lipinski definition) is 2. The summed E-state index contributed by atoms with van der Waals surface area (Å²) in [5.74, 6) is -1.18. The van der Waals surface area contributed by atoms with E-state index in [9.17, 15) is 13.2 Å². The third kappa shape index (κ3) is 3.53. The topological polar surface area (TPSA) is 83.5 Å². The van der Waals surface area contributed by atoms with Gasteiger partial charge in [0, 0.05) is 3.57 Å². The number of aromatic carboxylic acids is 1. The lowest BCUT2D eigenvalue weighted by atomic mass is 10.1. The third-order valence-electron chi connectivity index (χ3n) is 2.86. The summed E-state index contributed by atoms with van der Waals surface area (Å²) in [6.07, 6.45) is 0. The van der Waals surface area contributed by atoms with Crippen LogP contribution in [0.5, 0.6) is 0 Å². The minimum absolute atomic E-state index is 0.0795. The first kappa shape index (κ1) is 15.8. The average Bonchev–Trinajstić information content (AvgIpc) is 2.41. The molecule has 0 atom stereocenters. The molecule has 0 saturated heterocycles. The molecule has 0 radical (unpaired) electrons. The van der Waals surface area contributed by atoms with E-state index < -0.39 is 16.0 Å². The van der Waals surface area contributed by atoms with Crippen LogP contribution in [-0.4, -0.2) is 19.5 Å². The maximum atomic E-state index is 12.3. The van der Waals surface area contributed by atoms with Gasteiger partial charge >= 0.3 is 5.97 Å². The molecule has 110 valence electrons. The van der Waals surface area contributed by atoms with Crippen LogP contribution in [0.2, 0.25) is 0 Å². The van der Waals surface area contributed by atoms with E-state index in [0.29, 0.717) is 5.56 Å². The number of para-hydroxylation sites is 1. The minimum Gasteiger partial charge on any atom is -0.478 e. The molecule has 7 heteroatoms. The number of halogens is 1. The first-order chi connectivity index (χ1) is 9.81. The fourth-order valence-corrected chi connectivity index (χ4v) is 3.30. The van der Waals surface area contributed by atoms with Crippen molar-refractivity contribution in [3.8, 4) is 0 Å². The van der Waals surface area contributed by atoms with Crippen LogP contribution in [0.25, 0.3) is 0 Å². The van der Waals surface area contributed by atoms with Gasteiger partial charge in [-0.1, -0.05) is 12.1 Å². The van der Waals surface area contributed by atoms with Gasteiger partial charge in [0.25, 0.3) is 10.0 Å². The van der Waals surface area contributed by atoms with Crippen LogP contribution in [0.4, 0.5) is 5.69 Å². The molecule has 0 unspecified atom stereocenters. The fraction of sp³-hybridized carbons (Fsp3) is 0.0714. The summed E-state index contributed by atoms with van der Waals surface area (Å²) in [5, 5.41) is 9.16. The highest BCUT2D eigenvalue weighted by molar-refractivity contribution is 14.1. The number of rotatable bonds is 4. The summed E-state index contributed by atoms with van der Waals surface area (Å²) in [4.78, 5) is 11.3. The van der Waals surface area contributed by atoms with Crippen LogP contribution in [0.1, 0.15) is 15.9 Å². The summed E-state index contributed by atoms with van der Waals surface area (Å²) < 4.78 is 27.9. The van der Waals surface area contributed by atoms with Gasteiger partial charge in [-0.05, 0) is 65.4 Å². The van der Waals surface area contributed by atoms with Gasteiger partial charge < -0.3 is 5.11 Å². The Hall–Kier alpha value is -1.61. The summed E-state index contributed by atoms with van der Waals surface area (Å²) in [6.45, 7) is 1.65. The van der Waals surface area contributed by atoms with Crippen molar-refractivity contribution in [1.82, 2.24) is 0 Å². The Kier molecular flexibility index (Phi) is 4.52. The second kappa shape index (κ2) is 6.02. The second-order valence-electron chi connectivity index (χ2n) is 4.36. The molecule has 0 spiro atoms. The van der Waals surface area contributed by atoms with Crippen molar-refractivity contribution in [3.05, 3.63) is 57.2 Å². The molecule has 2 N–H and O–H groups in total. The highest BCUT2D eigenvalue weighted by atomic mass is 127. The lowest BCUT2D eigenvalue weighted by Gasteiger charge is -2.13. The fourth-order valence-electron chi connectivity index (χ4n) is 1.79. The minimum atomic E-state index is -3.83. The molecule has 5 nitrogen and oxygen atoms in total. The standard InChI is InChI=1S/C14H12INO4S/c1-9-3-2-4-12(14(17)18)13(9)16-21(19,20)11-7-5-10(15)6-8-11/h2-8,16H,1H3,(H,17,18). The summed E-state index contributed by atoms with van der Waals surface area (Å²) >= 11 is 2.07. The van der Waals surface area contributed by atoms with Gasteiger partial charge in [0.1, 0.15) is 0 Å². The van der Waals surface area contributed by atoms with Crippen molar-refractivity contribution in [2.24, 2.45) is 0 Å². The SMILES string of the molecule is Cc1cccc(C(=O)O)c1NS(=O)(=O)c1ccc(I)cc1. The van der Waals surface area contributed by atoms with Crippen LogP contribution in [0, 0.1) is 10.5 Å². The Labute approximate surface area is 136 Å². The summed E-state index contributed by atoms with van der Waals surface area (Å²) in [6, 6.07) is 10.9. The molecule has 2 aromatic carbocycles. The van der Waals surface area contributed by atoms with Crippen LogP contribution < -0.4 is 4.72 Å². The van der Waals surface area contributed by atoms with Crippen molar-refractivity contribution in [3.63, 3.8) is 0 Å². The summed E-state index contributed by atoms with van der Waals surface area (Å²) in [7, 11) is -3.83. The monoisotopic (exact) mass is 417 g/mol. The van der Waals surface area contributed by atoms with Crippen LogP contribution in [0.15, 0.2) is 47.4 Å². The van der Waals surface area contributed by atoms with E-state index >= 15 is 0 Å². The molecule has 0 fully saturated rings. The Balaban J connectivity index is 2.46. The predicted molar refractivity (Wildman–Crippen MR) is 88.1 cm³/mol. The maximum Gasteiger partial charge on any atom is 0.337 e. The first-order valence-corrected chi connectivity index (χ1v) is 8.49. The van der Waals surface area contributed by atoms with Crippen LogP contribution >= 0.6 is 22.6 Å². The maximum absolute atomic E-state index is 12.3. The molecule has 0 amide bonds. The predicted octanol–water partition coefficient (Wildman–Crippen LogP) is 3.10. The number of carbonyl (C=O) groups is 1. The molecule has 0 bridgehead atoms. The quantitative estimate of drug-likeness (QED) is 0.750. The van der Waals surface area contributed by atoms with E-state index in [0.717, 1.165) is 3.57 Å². The number of aryl methyl sites for hydroxylation is 1. The highest BCUT2D eigenvalue weighted by Gasteiger charge is 2.19. The van der Waals surface area contributed by atoms with Crippen LogP contribution in [0.3, 0.4) is 0 Å². The molecule has 2 aromatic rings. The van der Waals surface area contributed by atoms with E-state index in [4.69, 9.17) is 5.11 Å². The Morgan fingerprint density at radius 3 is 2.33 bits per heavy atom.